The van der Waals surface area contributed by atoms with Gasteiger partial charge >= 0.3 is 0 Å². The van der Waals surface area contributed by atoms with Crippen molar-refractivity contribution in [3.63, 3.8) is 0 Å². The molecule has 1 aliphatic rings. The largest absolute Gasteiger partial charge is 0.491 e. The van der Waals surface area contributed by atoms with Crippen molar-refractivity contribution >= 4 is 23.1 Å². The first-order valence-corrected chi connectivity index (χ1v) is 8.93. The molecule has 8 nitrogen and oxygen atoms in total. The monoisotopic (exact) mass is 373 g/mol. The number of amides is 1. The quantitative estimate of drug-likeness (QED) is 0.647. The molecule has 4 rings (SSSR count). The lowest BCUT2D eigenvalue weighted by atomic mass is 10.2. The van der Waals surface area contributed by atoms with Crippen molar-refractivity contribution in [1.82, 2.24) is 19.7 Å². The van der Waals surface area contributed by atoms with Crippen molar-refractivity contribution in [2.45, 2.75) is 32.4 Å². The van der Waals surface area contributed by atoms with Crippen LogP contribution in [0.4, 0.5) is 10.1 Å². The number of halogens is 1. The van der Waals surface area contributed by atoms with E-state index < -0.39 is 5.82 Å². The Labute approximate surface area is 154 Å². The van der Waals surface area contributed by atoms with Gasteiger partial charge in [0, 0.05) is 18.7 Å². The summed E-state index contributed by atoms with van der Waals surface area (Å²) in [6, 6.07) is 2.88. The Morgan fingerprint density at radius 1 is 1.48 bits per heavy atom. The third-order valence-electron chi connectivity index (χ3n) is 4.46. The van der Waals surface area contributed by atoms with E-state index in [0.717, 1.165) is 19.3 Å². The zero-order valence-electron chi connectivity index (χ0n) is 14.9. The number of nitrogens with one attached hydrogen (secondary N) is 2. The third-order valence-corrected chi connectivity index (χ3v) is 4.46. The van der Waals surface area contributed by atoms with Crippen molar-refractivity contribution in [2.75, 3.05) is 18.5 Å². The highest BCUT2D eigenvalue weighted by Crippen LogP contribution is 2.31. The van der Waals surface area contributed by atoms with Gasteiger partial charge in [-0.05, 0) is 26.2 Å². The smallest absolute Gasteiger partial charge is 0.211 e. The van der Waals surface area contributed by atoms with Gasteiger partial charge in [0.15, 0.2) is 23.1 Å². The fraction of sp³-hybridized carbons (Fsp3) is 0.389. The van der Waals surface area contributed by atoms with E-state index in [1.165, 1.54) is 6.07 Å². The van der Waals surface area contributed by atoms with Gasteiger partial charge < -0.3 is 19.8 Å². The number of rotatable bonds is 6. The van der Waals surface area contributed by atoms with Crippen molar-refractivity contribution in [3.8, 4) is 17.3 Å². The fourth-order valence-electron chi connectivity index (χ4n) is 3.21. The molecule has 1 amide bonds. The number of hydrogen-bond acceptors (Lipinski definition) is 5. The molecule has 3 aromatic rings. The number of carbonyl (C=O) groups excluding carboxylic acids is 1. The van der Waals surface area contributed by atoms with Crippen LogP contribution in [0.5, 0.6) is 5.75 Å². The molecule has 27 heavy (non-hydrogen) atoms. The van der Waals surface area contributed by atoms with E-state index in [1.54, 1.807) is 23.9 Å². The highest BCUT2D eigenvalue weighted by atomic mass is 19.1. The van der Waals surface area contributed by atoms with Gasteiger partial charge in [-0.2, -0.15) is 5.10 Å². The third kappa shape index (κ3) is 3.37. The second-order valence-electron chi connectivity index (χ2n) is 6.27. The number of anilines is 1. The maximum Gasteiger partial charge on any atom is 0.211 e. The molecule has 3 heterocycles. The summed E-state index contributed by atoms with van der Waals surface area (Å²) in [5, 5.41) is 7.19. The Bertz CT molecular complexity index is 961. The van der Waals surface area contributed by atoms with Crippen LogP contribution in [-0.4, -0.2) is 39.4 Å². The van der Waals surface area contributed by atoms with Crippen molar-refractivity contribution in [2.24, 2.45) is 0 Å². The Hall–Kier alpha value is -2.94. The summed E-state index contributed by atoms with van der Waals surface area (Å²) in [6.45, 7) is 2.83. The first-order chi connectivity index (χ1) is 13.2. The summed E-state index contributed by atoms with van der Waals surface area (Å²) in [6.07, 6.45) is 5.07. The minimum absolute atomic E-state index is 0.149. The Balaban J connectivity index is 1.74. The van der Waals surface area contributed by atoms with E-state index in [4.69, 9.17) is 9.47 Å². The fourth-order valence-corrected chi connectivity index (χ4v) is 3.21. The van der Waals surface area contributed by atoms with E-state index in [0.29, 0.717) is 47.9 Å². The van der Waals surface area contributed by atoms with Crippen LogP contribution in [-0.2, 0) is 9.53 Å². The number of fused-ring (bicyclic) bond motifs is 1. The van der Waals surface area contributed by atoms with Gasteiger partial charge in [-0.1, -0.05) is 0 Å². The average Bonchev–Trinajstić information content (AvgIpc) is 3.27. The molecule has 1 unspecified atom stereocenters. The predicted octanol–water partition coefficient (Wildman–Crippen LogP) is 3.23. The Morgan fingerprint density at radius 2 is 2.37 bits per heavy atom. The molecule has 1 saturated heterocycles. The molecule has 2 aromatic heterocycles. The van der Waals surface area contributed by atoms with Crippen LogP contribution in [0, 0.1) is 5.82 Å². The topological polar surface area (TPSA) is 94.1 Å². The van der Waals surface area contributed by atoms with Crippen LogP contribution in [0.1, 0.15) is 32.4 Å². The lowest BCUT2D eigenvalue weighted by molar-refractivity contribution is -0.105. The lowest BCUT2D eigenvalue weighted by Gasteiger charge is -2.22. The highest BCUT2D eigenvalue weighted by Gasteiger charge is 2.22. The summed E-state index contributed by atoms with van der Waals surface area (Å²) in [5.74, 6) is 0.110. The summed E-state index contributed by atoms with van der Waals surface area (Å²) >= 11 is 0. The van der Waals surface area contributed by atoms with Crippen molar-refractivity contribution in [3.05, 3.63) is 24.1 Å². The van der Waals surface area contributed by atoms with Gasteiger partial charge in [-0.15, -0.1) is 0 Å². The van der Waals surface area contributed by atoms with E-state index in [1.807, 2.05) is 0 Å². The maximum absolute atomic E-state index is 14.1. The maximum atomic E-state index is 14.1. The summed E-state index contributed by atoms with van der Waals surface area (Å²) in [4.78, 5) is 18.6. The van der Waals surface area contributed by atoms with Crippen molar-refractivity contribution < 1.29 is 18.7 Å². The normalized spacial score (nSPS) is 17.2. The van der Waals surface area contributed by atoms with Crippen LogP contribution in [0.15, 0.2) is 18.3 Å². The molecule has 0 aliphatic carbocycles. The summed E-state index contributed by atoms with van der Waals surface area (Å²) in [7, 11) is 0. The van der Waals surface area contributed by atoms with Crippen LogP contribution < -0.4 is 10.1 Å². The lowest BCUT2D eigenvalue weighted by Crippen LogP contribution is -2.18. The Kier molecular flexibility index (Phi) is 4.76. The molecule has 1 atom stereocenters. The molecule has 2 N–H and O–H groups in total. The summed E-state index contributed by atoms with van der Waals surface area (Å²) in [5.41, 5.74) is 2.04. The number of H-pyrrole nitrogens is 1. The molecule has 142 valence electrons. The van der Waals surface area contributed by atoms with Crippen LogP contribution in [0.25, 0.3) is 22.6 Å². The van der Waals surface area contributed by atoms with Gasteiger partial charge in [-0.3, -0.25) is 4.79 Å². The molecule has 0 saturated carbocycles. The van der Waals surface area contributed by atoms with Crippen LogP contribution in [0.3, 0.4) is 0 Å². The zero-order valence-corrected chi connectivity index (χ0v) is 14.9. The van der Waals surface area contributed by atoms with E-state index >= 15 is 0 Å². The van der Waals surface area contributed by atoms with Gasteiger partial charge in [0.1, 0.15) is 6.23 Å². The van der Waals surface area contributed by atoms with E-state index in [9.17, 15) is 9.18 Å². The van der Waals surface area contributed by atoms with E-state index in [2.05, 4.69) is 20.4 Å². The highest BCUT2D eigenvalue weighted by molar-refractivity contribution is 5.85. The van der Waals surface area contributed by atoms with E-state index in [-0.39, 0.29) is 12.0 Å². The van der Waals surface area contributed by atoms with Gasteiger partial charge in [0.05, 0.1) is 29.5 Å². The molecule has 0 bridgehead atoms. The number of hydrogen-bond donors (Lipinski definition) is 2. The van der Waals surface area contributed by atoms with Crippen molar-refractivity contribution in [1.29, 1.82) is 0 Å². The number of benzene rings is 1. The standard InChI is InChI=1S/C18H20FN5O3/c1-2-26-15-8-13-12(7-11(15)19)21-18(22-13)17-14(20-10-25)9-24(23-17)16-5-3-4-6-27-16/h7-10,16H,2-6H2,1H3,(H,20,25)(H,21,22). The number of imidazole rings is 1. The average molecular weight is 373 g/mol. The minimum Gasteiger partial charge on any atom is -0.491 e. The number of ether oxygens (including phenoxy) is 2. The first kappa shape index (κ1) is 17.5. The number of carbonyl (C=O) groups is 1. The molecular weight excluding hydrogens is 353 g/mol. The molecule has 1 fully saturated rings. The second-order valence-corrected chi connectivity index (χ2v) is 6.27. The Morgan fingerprint density at radius 3 is 3.11 bits per heavy atom. The second kappa shape index (κ2) is 7.36. The van der Waals surface area contributed by atoms with Crippen LogP contribution >= 0.6 is 0 Å². The molecule has 1 aromatic carbocycles. The van der Waals surface area contributed by atoms with Gasteiger partial charge in [0.25, 0.3) is 0 Å². The molecule has 9 heteroatoms. The van der Waals surface area contributed by atoms with Gasteiger partial charge in [-0.25, -0.2) is 14.1 Å². The molecule has 0 spiro atoms. The molecule has 0 radical (unpaired) electrons. The predicted molar refractivity (Wildman–Crippen MR) is 97.0 cm³/mol. The number of nitrogens with zero attached hydrogens (tertiary/aromatic N) is 3. The summed E-state index contributed by atoms with van der Waals surface area (Å²) < 4.78 is 26.8. The minimum atomic E-state index is -0.466. The van der Waals surface area contributed by atoms with Gasteiger partial charge in [0.2, 0.25) is 6.41 Å². The number of aromatic nitrogens is 4. The SMILES string of the molecule is CCOc1cc2nc(-c3nn(C4CCCCO4)cc3NC=O)[nH]c2cc1F. The first-order valence-electron chi connectivity index (χ1n) is 8.93. The number of aromatic amines is 1. The van der Waals surface area contributed by atoms with Crippen LogP contribution in [0.2, 0.25) is 0 Å². The zero-order chi connectivity index (χ0) is 18.8. The molecular formula is C18H20FN5O3. The molecule has 1 aliphatic heterocycles.